The predicted molar refractivity (Wildman–Crippen MR) is 117 cm³/mol. The number of anilines is 2. The van der Waals surface area contributed by atoms with E-state index >= 15 is 0 Å². The molecule has 0 bridgehead atoms. The number of carbonyl (C=O) groups is 1. The van der Waals surface area contributed by atoms with E-state index in [9.17, 15) is 4.79 Å². The van der Waals surface area contributed by atoms with Crippen LogP contribution >= 0.6 is 0 Å². The number of hydrogen-bond donors (Lipinski definition) is 2. The third-order valence-electron chi connectivity index (χ3n) is 5.21. The van der Waals surface area contributed by atoms with Gasteiger partial charge in [0.2, 0.25) is 0 Å². The van der Waals surface area contributed by atoms with E-state index in [0.29, 0.717) is 17.0 Å². The Bertz CT molecular complexity index is 1040. The number of Topliss-reactive ketones (excluding diaryl/α,β-unsaturated/α-hetero) is 1. The number of nitrogen functional groups attached to an aromatic ring is 2. The fourth-order valence-corrected chi connectivity index (χ4v) is 3.62. The average molecular weight is 386 g/mol. The molecule has 0 spiro atoms. The largest absolute Gasteiger partial charge is 0.398 e. The van der Waals surface area contributed by atoms with Gasteiger partial charge in [0.15, 0.2) is 0 Å². The zero-order valence-electron chi connectivity index (χ0n) is 16.5. The van der Waals surface area contributed by atoms with E-state index in [1.54, 1.807) is 24.3 Å². The number of aryl methyl sites for hydroxylation is 1. The third-order valence-corrected chi connectivity index (χ3v) is 5.21. The Kier molecular flexibility index (Phi) is 6.80. The molecule has 0 unspecified atom stereocenters. The number of nitrogens with two attached hydrogens (primary N) is 2. The molecule has 2 aliphatic carbocycles. The molecule has 2 aliphatic rings. The highest BCUT2D eigenvalue weighted by molar-refractivity contribution is 5.92. The van der Waals surface area contributed by atoms with Crippen LogP contribution in [-0.2, 0) is 17.6 Å². The van der Waals surface area contributed by atoms with Gasteiger partial charge in [0.1, 0.15) is 11.9 Å². The van der Waals surface area contributed by atoms with Gasteiger partial charge in [0.05, 0.1) is 11.1 Å². The van der Waals surface area contributed by atoms with Gasteiger partial charge in [-0.15, -0.1) is 0 Å². The number of rotatable bonds is 0. The molecule has 0 saturated heterocycles. The van der Waals surface area contributed by atoms with E-state index in [-0.39, 0.29) is 0 Å². The van der Waals surface area contributed by atoms with E-state index in [0.717, 1.165) is 55.1 Å². The first kappa shape index (κ1) is 20.3. The lowest BCUT2D eigenvalue weighted by Crippen LogP contribution is -1.97. The van der Waals surface area contributed by atoms with Crippen LogP contribution in [0.15, 0.2) is 48.5 Å². The minimum Gasteiger partial charge on any atom is -0.398 e. The second-order valence-corrected chi connectivity index (χ2v) is 7.27. The van der Waals surface area contributed by atoms with E-state index in [4.69, 9.17) is 16.7 Å². The van der Waals surface area contributed by atoms with Gasteiger partial charge in [-0.25, -0.2) is 0 Å². The molecule has 0 aliphatic heterocycles. The Morgan fingerprint density at radius 1 is 0.862 bits per heavy atom. The molecule has 1 aromatic heterocycles. The molecule has 1 fully saturated rings. The van der Waals surface area contributed by atoms with E-state index in [1.807, 2.05) is 24.3 Å². The molecule has 1 heterocycles. The van der Waals surface area contributed by atoms with Crippen LogP contribution in [0.25, 0.3) is 10.9 Å². The molecule has 3 aromatic rings. The minimum absolute atomic E-state index is 0.454. The van der Waals surface area contributed by atoms with Crippen LogP contribution in [0.3, 0.4) is 0 Å². The van der Waals surface area contributed by atoms with Crippen molar-refractivity contribution in [1.82, 2.24) is 4.98 Å². The van der Waals surface area contributed by atoms with Crippen molar-refractivity contribution in [1.29, 1.82) is 5.26 Å². The summed E-state index contributed by atoms with van der Waals surface area (Å²) in [5.74, 6) is 0.454. The highest BCUT2D eigenvalue weighted by Gasteiger charge is 2.17. The highest BCUT2D eigenvalue weighted by Crippen LogP contribution is 2.31. The van der Waals surface area contributed by atoms with Gasteiger partial charge < -0.3 is 11.5 Å². The van der Waals surface area contributed by atoms with Crippen molar-refractivity contribution in [2.24, 2.45) is 0 Å². The van der Waals surface area contributed by atoms with Crippen molar-refractivity contribution in [2.45, 2.75) is 44.9 Å². The summed E-state index contributed by atoms with van der Waals surface area (Å²) in [6.45, 7) is 0. The van der Waals surface area contributed by atoms with Gasteiger partial charge in [-0.05, 0) is 55.9 Å². The smallest absolute Gasteiger partial charge is 0.132 e. The number of aromatic nitrogens is 1. The van der Waals surface area contributed by atoms with Crippen LogP contribution in [0.4, 0.5) is 11.4 Å². The Hall–Kier alpha value is -3.39. The number of carbonyl (C=O) groups excluding carboxylic acids is 1. The Morgan fingerprint density at radius 2 is 1.55 bits per heavy atom. The molecule has 4 N–H and O–H groups in total. The topological polar surface area (TPSA) is 106 Å². The molecule has 0 amide bonds. The van der Waals surface area contributed by atoms with Gasteiger partial charge in [0, 0.05) is 35.3 Å². The third kappa shape index (κ3) is 5.11. The maximum Gasteiger partial charge on any atom is 0.132 e. The molecular weight excluding hydrogens is 360 g/mol. The van der Waals surface area contributed by atoms with Crippen LogP contribution in [0, 0.1) is 11.3 Å². The summed E-state index contributed by atoms with van der Waals surface area (Å²) >= 11 is 0. The Balaban J connectivity index is 0.000000138. The average Bonchev–Trinajstić information content (AvgIpc) is 3.41. The number of fused-ring (bicyclic) bond motifs is 2. The SMILES string of the molecule is N#Cc1ccccc1N.Nc1c2c(nc3ccccc13)CCC2.O=C1CCCC1. The minimum atomic E-state index is 0.454. The highest BCUT2D eigenvalue weighted by atomic mass is 16.1. The van der Waals surface area contributed by atoms with Crippen molar-refractivity contribution in [3.05, 3.63) is 65.4 Å². The fraction of sp³-hybridized carbons (Fsp3) is 0.292. The maximum absolute atomic E-state index is 10.2. The summed E-state index contributed by atoms with van der Waals surface area (Å²) < 4.78 is 0. The van der Waals surface area contributed by atoms with Crippen molar-refractivity contribution >= 4 is 28.1 Å². The van der Waals surface area contributed by atoms with Gasteiger partial charge in [-0.2, -0.15) is 5.26 Å². The Labute approximate surface area is 171 Å². The zero-order chi connectivity index (χ0) is 20.6. The molecule has 148 valence electrons. The van der Waals surface area contributed by atoms with Crippen LogP contribution in [-0.4, -0.2) is 10.8 Å². The van der Waals surface area contributed by atoms with Gasteiger partial charge >= 0.3 is 0 Å². The van der Waals surface area contributed by atoms with E-state index in [1.165, 1.54) is 17.7 Å². The van der Waals surface area contributed by atoms with Gasteiger partial charge in [0.25, 0.3) is 0 Å². The van der Waals surface area contributed by atoms with Crippen LogP contribution < -0.4 is 11.5 Å². The van der Waals surface area contributed by atoms with Crippen molar-refractivity contribution in [3.8, 4) is 6.07 Å². The summed E-state index contributed by atoms with van der Waals surface area (Å²) in [6, 6.07) is 17.1. The quantitative estimate of drug-likeness (QED) is 0.550. The fourth-order valence-electron chi connectivity index (χ4n) is 3.62. The number of nitriles is 1. The number of ketones is 1. The monoisotopic (exact) mass is 386 g/mol. The van der Waals surface area contributed by atoms with Crippen LogP contribution in [0.2, 0.25) is 0 Å². The standard InChI is InChI=1S/C12H12N2.C7H6N2.C5H8O/c13-12-8-4-1-2-6-10(8)14-11-7-3-5-9(11)12;8-5-6-3-1-2-4-7(6)9;6-5-3-1-2-4-5/h1-2,4,6H,3,5,7H2,(H2,13,14);1-4H,9H2;1-4H2. The van der Waals surface area contributed by atoms with Gasteiger partial charge in [-0.1, -0.05) is 30.3 Å². The Morgan fingerprint density at radius 3 is 2.17 bits per heavy atom. The number of para-hydroxylation sites is 2. The number of pyridine rings is 1. The summed E-state index contributed by atoms with van der Waals surface area (Å²) in [4.78, 5) is 14.9. The second kappa shape index (κ2) is 9.70. The maximum atomic E-state index is 10.2. The summed E-state index contributed by atoms with van der Waals surface area (Å²) in [6.07, 6.45) is 7.35. The lowest BCUT2D eigenvalue weighted by atomic mass is 10.1. The summed E-state index contributed by atoms with van der Waals surface area (Å²) in [5.41, 5.74) is 17.1. The van der Waals surface area contributed by atoms with Crippen molar-refractivity contribution in [3.63, 3.8) is 0 Å². The number of benzene rings is 2. The molecule has 29 heavy (non-hydrogen) atoms. The predicted octanol–water partition coefficient (Wildman–Crippen LogP) is 4.58. The van der Waals surface area contributed by atoms with Crippen LogP contribution in [0.5, 0.6) is 0 Å². The second-order valence-electron chi connectivity index (χ2n) is 7.27. The molecule has 5 nitrogen and oxygen atoms in total. The summed E-state index contributed by atoms with van der Waals surface area (Å²) in [5, 5.41) is 9.49. The molecule has 5 heteroatoms. The molecular formula is C24H26N4O. The number of hydrogen-bond acceptors (Lipinski definition) is 5. The first-order chi connectivity index (χ1) is 14.1. The van der Waals surface area contributed by atoms with Crippen LogP contribution in [0.1, 0.15) is 48.9 Å². The van der Waals surface area contributed by atoms with E-state index in [2.05, 4.69) is 11.1 Å². The normalized spacial score (nSPS) is 14.2. The lowest BCUT2D eigenvalue weighted by molar-refractivity contribution is -0.117. The summed E-state index contributed by atoms with van der Waals surface area (Å²) in [7, 11) is 0. The molecule has 1 saturated carbocycles. The molecule has 0 radical (unpaired) electrons. The van der Waals surface area contributed by atoms with Gasteiger partial charge in [-0.3, -0.25) is 9.78 Å². The number of nitrogens with zero attached hydrogens (tertiary/aromatic N) is 2. The molecule has 5 rings (SSSR count). The first-order valence-electron chi connectivity index (χ1n) is 10.0. The first-order valence-corrected chi connectivity index (χ1v) is 10.0. The molecule has 0 atom stereocenters. The van der Waals surface area contributed by atoms with Crippen molar-refractivity contribution in [2.75, 3.05) is 11.5 Å². The van der Waals surface area contributed by atoms with E-state index < -0.39 is 0 Å². The zero-order valence-corrected chi connectivity index (χ0v) is 16.5. The van der Waals surface area contributed by atoms with Crippen molar-refractivity contribution < 1.29 is 4.79 Å². The molecule has 2 aromatic carbocycles. The lowest BCUT2D eigenvalue weighted by Gasteiger charge is -2.07.